The standard InChI is InChI=1S/C18H17F3N2O2/c19-13-3-2-12(15(21)8-13)10-22-18(24)11-23-6-1-7-25-17-9-14(20)4-5-16(17)23/h2-5,8-9H,1,6-7,10-11H2,(H,22,24). The minimum Gasteiger partial charge on any atom is -0.491 e. The molecule has 2 aromatic rings. The molecule has 0 aliphatic carbocycles. The Hall–Kier alpha value is -2.70. The van der Waals surface area contributed by atoms with Crippen LogP contribution in [0.15, 0.2) is 36.4 Å². The highest BCUT2D eigenvalue weighted by atomic mass is 19.1. The van der Waals surface area contributed by atoms with E-state index in [0.29, 0.717) is 31.0 Å². The molecule has 25 heavy (non-hydrogen) atoms. The Morgan fingerprint density at radius 3 is 2.68 bits per heavy atom. The summed E-state index contributed by atoms with van der Waals surface area (Å²) >= 11 is 0. The molecule has 0 spiro atoms. The number of halogens is 3. The van der Waals surface area contributed by atoms with Crippen LogP contribution < -0.4 is 15.0 Å². The van der Waals surface area contributed by atoms with Gasteiger partial charge in [-0.3, -0.25) is 4.79 Å². The number of amides is 1. The normalized spacial score (nSPS) is 13.6. The first-order valence-electron chi connectivity index (χ1n) is 7.91. The zero-order chi connectivity index (χ0) is 17.8. The summed E-state index contributed by atoms with van der Waals surface area (Å²) in [6.45, 7) is 1.02. The molecule has 7 heteroatoms. The van der Waals surface area contributed by atoms with Crippen LogP contribution in [-0.4, -0.2) is 25.6 Å². The summed E-state index contributed by atoms with van der Waals surface area (Å²) in [4.78, 5) is 14.0. The maximum atomic E-state index is 13.6. The Balaban J connectivity index is 1.64. The molecule has 1 aliphatic heterocycles. The van der Waals surface area contributed by atoms with Gasteiger partial charge in [0.05, 0.1) is 18.8 Å². The Morgan fingerprint density at radius 1 is 1.12 bits per heavy atom. The number of nitrogens with one attached hydrogen (secondary N) is 1. The molecule has 1 heterocycles. The van der Waals surface area contributed by atoms with Gasteiger partial charge in [0.1, 0.15) is 23.2 Å². The van der Waals surface area contributed by atoms with Gasteiger partial charge < -0.3 is 15.0 Å². The Labute approximate surface area is 143 Å². The third kappa shape index (κ3) is 4.23. The van der Waals surface area contributed by atoms with Crippen LogP contribution in [0.5, 0.6) is 5.75 Å². The number of hydrogen-bond acceptors (Lipinski definition) is 3. The summed E-state index contributed by atoms with van der Waals surface area (Å²) in [5.41, 5.74) is 0.846. The van der Waals surface area contributed by atoms with E-state index in [9.17, 15) is 18.0 Å². The Bertz CT molecular complexity index is 783. The number of fused-ring (bicyclic) bond motifs is 1. The van der Waals surface area contributed by atoms with Crippen LogP contribution in [0.25, 0.3) is 0 Å². The van der Waals surface area contributed by atoms with Gasteiger partial charge in [0.15, 0.2) is 0 Å². The van der Waals surface area contributed by atoms with Gasteiger partial charge in [-0.15, -0.1) is 0 Å². The van der Waals surface area contributed by atoms with E-state index in [2.05, 4.69) is 5.32 Å². The molecule has 1 N–H and O–H groups in total. The SMILES string of the molecule is O=C(CN1CCCOc2cc(F)ccc21)NCc1ccc(F)cc1F. The van der Waals surface area contributed by atoms with E-state index in [1.807, 2.05) is 0 Å². The van der Waals surface area contributed by atoms with Crippen molar-refractivity contribution in [1.29, 1.82) is 0 Å². The lowest BCUT2D eigenvalue weighted by molar-refractivity contribution is -0.119. The predicted octanol–water partition coefficient (Wildman–Crippen LogP) is 3.01. The fraction of sp³-hybridized carbons (Fsp3) is 0.278. The zero-order valence-corrected chi connectivity index (χ0v) is 13.4. The molecule has 2 aromatic carbocycles. The highest BCUT2D eigenvalue weighted by Crippen LogP contribution is 2.31. The van der Waals surface area contributed by atoms with Crippen molar-refractivity contribution in [3.63, 3.8) is 0 Å². The Kier molecular flexibility index (Phi) is 5.11. The van der Waals surface area contributed by atoms with E-state index in [1.165, 1.54) is 18.2 Å². The van der Waals surface area contributed by atoms with Gasteiger partial charge in [-0.2, -0.15) is 0 Å². The van der Waals surface area contributed by atoms with E-state index >= 15 is 0 Å². The van der Waals surface area contributed by atoms with Crippen LogP contribution in [0.2, 0.25) is 0 Å². The summed E-state index contributed by atoms with van der Waals surface area (Å²) in [6.07, 6.45) is 0.691. The molecule has 0 saturated carbocycles. The number of nitrogens with zero attached hydrogens (tertiary/aromatic N) is 1. The van der Waals surface area contributed by atoms with Crippen LogP contribution in [0.3, 0.4) is 0 Å². The highest BCUT2D eigenvalue weighted by molar-refractivity contribution is 5.82. The average molecular weight is 350 g/mol. The van der Waals surface area contributed by atoms with Gasteiger partial charge in [0.2, 0.25) is 5.91 Å². The minimum absolute atomic E-state index is 0.0325. The van der Waals surface area contributed by atoms with Gasteiger partial charge >= 0.3 is 0 Å². The molecule has 0 radical (unpaired) electrons. The number of ether oxygens (including phenoxy) is 1. The maximum Gasteiger partial charge on any atom is 0.239 e. The molecule has 0 fully saturated rings. The molecular formula is C18H17F3N2O2. The van der Waals surface area contributed by atoms with Gasteiger partial charge in [-0.25, -0.2) is 13.2 Å². The fourth-order valence-corrected chi connectivity index (χ4v) is 2.68. The quantitative estimate of drug-likeness (QED) is 0.922. The smallest absolute Gasteiger partial charge is 0.239 e. The Morgan fingerprint density at radius 2 is 1.88 bits per heavy atom. The van der Waals surface area contributed by atoms with Crippen molar-refractivity contribution in [2.45, 2.75) is 13.0 Å². The number of carbonyl (C=O) groups is 1. The summed E-state index contributed by atoms with van der Waals surface area (Å²) in [5, 5.41) is 2.61. The molecular weight excluding hydrogens is 333 g/mol. The van der Waals surface area contributed by atoms with Crippen molar-refractivity contribution < 1.29 is 22.7 Å². The largest absolute Gasteiger partial charge is 0.491 e. The highest BCUT2D eigenvalue weighted by Gasteiger charge is 2.19. The zero-order valence-electron chi connectivity index (χ0n) is 13.4. The summed E-state index contributed by atoms with van der Waals surface area (Å²) < 4.78 is 45.3. The minimum atomic E-state index is -0.704. The van der Waals surface area contributed by atoms with E-state index in [0.717, 1.165) is 12.1 Å². The van der Waals surface area contributed by atoms with Crippen molar-refractivity contribution in [3.05, 3.63) is 59.4 Å². The topological polar surface area (TPSA) is 41.6 Å². The first-order chi connectivity index (χ1) is 12.0. The second-order valence-electron chi connectivity index (χ2n) is 5.75. The first kappa shape index (κ1) is 17.1. The van der Waals surface area contributed by atoms with Crippen molar-refractivity contribution in [3.8, 4) is 5.75 Å². The summed E-state index contributed by atoms with van der Waals surface area (Å²) in [6, 6.07) is 7.39. The molecule has 0 bridgehead atoms. The van der Waals surface area contributed by atoms with Crippen LogP contribution in [0.1, 0.15) is 12.0 Å². The molecule has 0 aromatic heterocycles. The number of benzene rings is 2. The lowest BCUT2D eigenvalue weighted by atomic mass is 10.2. The molecule has 1 amide bonds. The van der Waals surface area contributed by atoms with E-state index in [1.54, 1.807) is 11.0 Å². The average Bonchev–Trinajstić information content (AvgIpc) is 2.76. The summed E-state index contributed by atoms with van der Waals surface area (Å²) in [7, 11) is 0. The third-order valence-corrected chi connectivity index (χ3v) is 3.92. The van der Waals surface area contributed by atoms with Gasteiger partial charge in [-0.05, 0) is 24.6 Å². The first-order valence-corrected chi connectivity index (χ1v) is 7.91. The lowest BCUT2D eigenvalue weighted by Gasteiger charge is -2.23. The monoisotopic (exact) mass is 350 g/mol. The maximum absolute atomic E-state index is 13.6. The lowest BCUT2D eigenvalue weighted by Crippen LogP contribution is -2.37. The molecule has 0 saturated heterocycles. The number of carbonyl (C=O) groups excluding carboxylic acids is 1. The van der Waals surface area contributed by atoms with Crippen LogP contribution in [-0.2, 0) is 11.3 Å². The molecule has 3 rings (SSSR count). The molecule has 1 aliphatic rings. The predicted molar refractivity (Wildman–Crippen MR) is 86.9 cm³/mol. The van der Waals surface area contributed by atoms with E-state index in [4.69, 9.17) is 4.74 Å². The van der Waals surface area contributed by atoms with E-state index in [-0.39, 0.29) is 24.6 Å². The molecule has 0 atom stereocenters. The third-order valence-electron chi connectivity index (χ3n) is 3.92. The fourth-order valence-electron chi connectivity index (χ4n) is 2.68. The van der Waals surface area contributed by atoms with Gasteiger partial charge in [0.25, 0.3) is 0 Å². The van der Waals surface area contributed by atoms with Crippen molar-refractivity contribution in [2.24, 2.45) is 0 Å². The number of rotatable bonds is 4. The number of anilines is 1. The van der Waals surface area contributed by atoms with Crippen molar-refractivity contribution in [1.82, 2.24) is 5.32 Å². The number of hydrogen-bond donors (Lipinski definition) is 1. The van der Waals surface area contributed by atoms with Crippen LogP contribution in [0, 0.1) is 17.5 Å². The second-order valence-corrected chi connectivity index (χ2v) is 5.75. The van der Waals surface area contributed by atoms with Crippen molar-refractivity contribution >= 4 is 11.6 Å². The van der Waals surface area contributed by atoms with Crippen LogP contribution in [0.4, 0.5) is 18.9 Å². The van der Waals surface area contributed by atoms with Crippen molar-refractivity contribution in [2.75, 3.05) is 24.6 Å². The second kappa shape index (κ2) is 7.46. The molecule has 0 unspecified atom stereocenters. The summed E-state index contributed by atoms with van der Waals surface area (Å²) in [5.74, 6) is -1.70. The van der Waals surface area contributed by atoms with E-state index < -0.39 is 17.5 Å². The molecule has 4 nitrogen and oxygen atoms in total. The van der Waals surface area contributed by atoms with Gasteiger partial charge in [0, 0.05) is 30.8 Å². The molecule has 132 valence electrons. The van der Waals surface area contributed by atoms with Crippen LogP contribution >= 0.6 is 0 Å². The van der Waals surface area contributed by atoms with Gasteiger partial charge in [-0.1, -0.05) is 6.07 Å².